The molecule has 0 heterocycles. The van der Waals surface area contributed by atoms with Gasteiger partial charge in [-0.25, -0.2) is 0 Å². The summed E-state index contributed by atoms with van der Waals surface area (Å²) < 4.78 is 0. The fourth-order valence-electron chi connectivity index (χ4n) is 0.928. The lowest BCUT2D eigenvalue weighted by molar-refractivity contribution is -0.107. The van der Waals surface area contributed by atoms with Crippen LogP contribution in [0.1, 0.15) is 11.5 Å². The molecule has 0 aliphatic heterocycles. The van der Waals surface area contributed by atoms with Gasteiger partial charge in [0, 0.05) is 11.2 Å². The Morgan fingerprint density at radius 3 is 2.75 bits per heavy atom. The topological polar surface area (TPSA) is 40.9 Å². The third kappa shape index (κ3) is 1.92. The molecular weight excluding hydrogens is 174 g/mol. The van der Waals surface area contributed by atoms with Crippen molar-refractivity contribution >= 4 is 24.1 Å². The van der Waals surface area contributed by atoms with Crippen LogP contribution < -0.4 is 0 Å². The van der Waals surface area contributed by atoms with Gasteiger partial charge in [0.1, 0.15) is 6.29 Å². The molecule has 1 N–H and O–H groups in total. The highest BCUT2D eigenvalue weighted by Crippen LogP contribution is 2.16. The molecule has 0 bridgehead atoms. The fraction of sp³-hybridized carbons (Fsp3) is 0.111. The highest BCUT2D eigenvalue weighted by Gasteiger charge is 2.05. The minimum Gasteiger partial charge on any atom is -0.312 e. The van der Waals surface area contributed by atoms with Gasteiger partial charge in [-0.05, 0) is 17.7 Å². The van der Waals surface area contributed by atoms with Crippen LogP contribution in [0.2, 0.25) is 5.02 Å². The Kier molecular flexibility index (Phi) is 3.00. The summed E-state index contributed by atoms with van der Waals surface area (Å²) in [6.07, 6.45) is 1.82. The second-order valence-electron chi connectivity index (χ2n) is 2.38. The molecule has 0 saturated carbocycles. The minimum atomic E-state index is -0.469. The maximum atomic E-state index is 10.5. The zero-order valence-electron chi connectivity index (χ0n) is 6.33. The van der Waals surface area contributed by atoms with Crippen LogP contribution in [-0.2, 0) is 4.79 Å². The van der Waals surface area contributed by atoms with Crippen molar-refractivity contribution in [2.75, 3.05) is 0 Å². The Bertz CT molecular complexity index is 290. The molecule has 12 heavy (non-hydrogen) atoms. The van der Waals surface area contributed by atoms with E-state index in [9.17, 15) is 4.79 Å². The number of carbonyl (C=O) groups is 1. The van der Waals surface area contributed by atoms with E-state index in [0.29, 0.717) is 5.02 Å². The van der Waals surface area contributed by atoms with E-state index in [1.165, 1.54) is 0 Å². The van der Waals surface area contributed by atoms with E-state index in [2.05, 4.69) is 0 Å². The molecule has 0 aliphatic rings. The standard InChI is InChI=1S/C9H8ClNO/c10-9-3-1-2-7(4-9)8(5-11)6-12/h1-6,8,11H. The molecule has 0 radical (unpaired) electrons. The maximum Gasteiger partial charge on any atom is 0.132 e. The molecular formula is C9H8ClNO. The van der Waals surface area contributed by atoms with Gasteiger partial charge in [-0.15, -0.1) is 0 Å². The second kappa shape index (κ2) is 4.02. The highest BCUT2D eigenvalue weighted by molar-refractivity contribution is 6.30. The summed E-state index contributed by atoms with van der Waals surface area (Å²) in [6.45, 7) is 0. The van der Waals surface area contributed by atoms with E-state index in [1.807, 2.05) is 0 Å². The van der Waals surface area contributed by atoms with Gasteiger partial charge in [0.25, 0.3) is 0 Å². The first-order chi connectivity index (χ1) is 5.77. The Morgan fingerprint density at radius 1 is 1.50 bits per heavy atom. The second-order valence-corrected chi connectivity index (χ2v) is 2.82. The molecule has 1 aromatic carbocycles. The van der Waals surface area contributed by atoms with Crippen molar-refractivity contribution in [1.82, 2.24) is 0 Å². The van der Waals surface area contributed by atoms with Crippen LogP contribution in [0.4, 0.5) is 0 Å². The molecule has 3 heteroatoms. The van der Waals surface area contributed by atoms with Crippen molar-refractivity contribution in [2.24, 2.45) is 0 Å². The average Bonchev–Trinajstić information content (AvgIpc) is 2.07. The van der Waals surface area contributed by atoms with E-state index in [0.717, 1.165) is 18.1 Å². The first-order valence-corrected chi connectivity index (χ1v) is 3.87. The number of carbonyl (C=O) groups excluding carboxylic acids is 1. The van der Waals surface area contributed by atoms with Crippen LogP contribution in [0.25, 0.3) is 0 Å². The van der Waals surface area contributed by atoms with E-state index in [-0.39, 0.29) is 0 Å². The number of halogens is 1. The number of benzene rings is 1. The summed E-state index contributed by atoms with van der Waals surface area (Å²) in [4.78, 5) is 10.5. The van der Waals surface area contributed by atoms with Gasteiger partial charge in [0.05, 0.1) is 5.92 Å². The van der Waals surface area contributed by atoms with Crippen molar-refractivity contribution in [3.8, 4) is 0 Å². The zero-order valence-corrected chi connectivity index (χ0v) is 7.08. The predicted molar refractivity (Wildman–Crippen MR) is 49.0 cm³/mol. The molecule has 1 atom stereocenters. The van der Waals surface area contributed by atoms with Crippen LogP contribution in [0.15, 0.2) is 24.3 Å². The van der Waals surface area contributed by atoms with Crippen molar-refractivity contribution in [1.29, 1.82) is 5.41 Å². The third-order valence-electron chi connectivity index (χ3n) is 1.56. The summed E-state index contributed by atoms with van der Waals surface area (Å²) >= 11 is 5.71. The first kappa shape index (κ1) is 8.94. The van der Waals surface area contributed by atoms with Crippen LogP contribution in [0, 0.1) is 5.41 Å². The lowest BCUT2D eigenvalue weighted by Crippen LogP contribution is -2.00. The molecule has 0 aliphatic carbocycles. The number of nitrogens with one attached hydrogen (secondary N) is 1. The average molecular weight is 182 g/mol. The van der Waals surface area contributed by atoms with Crippen LogP contribution in [-0.4, -0.2) is 12.5 Å². The summed E-state index contributed by atoms with van der Waals surface area (Å²) in [5, 5.41) is 7.55. The lowest BCUT2D eigenvalue weighted by Gasteiger charge is -2.03. The quantitative estimate of drug-likeness (QED) is 0.564. The van der Waals surface area contributed by atoms with Gasteiger partial charge in [0.15, 0.2) is 0 Å². The molecule has 0 spiro atoms. The van der Waals surface area contributed by atoms with Gasteiger partial charge < -0.3 is 10.2 Å². The van der Waals surface area contributed by atoms with Crippen LogP contribution in [0.3, 0.4) is 0 Å². The number of hydrogen-bond donors (Lipinski definition) is 1. The van der Waals surface area contributed by atoms with E-state index < -0.39 is 5.92 Å². The number of aldehydes is 1. The van der Waals surface area contributed by atoms with Gasteiger partial charge in [0.2, 0.25) is 0 Å². The normalized spacial score (nSPS) is 12.1. The van der Waals surface area contributed by atoms with Gasteiger partial charge in [-0.1, -0.05) is 23.7 Å². The summed E-state index contributed by atoms with van der Waals surface area (Å²) in [6, 6.07) is 6.95. The van der Waals surface area contributed by atoms with E-state index in [4.69, 9.17) is 17.0 Å². The molecule has 0 amide bonds. The molecule has 0 saturated heterocycles. The zero-order chi connectivity index (χ0) is 8.97. The van der Waals surface area contributed by atoms with Gasteiger partial charge >= 0.3 is 0 Å². The summed E-state index contributed by atoms with van der Waals surface area (Å²) in [5.41, 5.74) is 0.757. The van der Waals surface area contributed by atoms with Crippen molar-refractivity contribution in [2.45, 2.75) is 5.92 Å². The Morgan fingerprint density at radius 2 is 2.25 bits per heavy atom. The van der Waals surface area contributed by atoms with Gasteiger partial charge in [-0.2, -0.15) is 0 Å². The lowest BCUT2D eigenvalue weighted by atomic mass is 10.0. The molecule has 2 nitrogen and oxygen atoms in total. The van der Waals surface area contributed by atoms with Crippen LogP contribution >= 0.6 is 11.6 Å². The molecule has 62 valence electrons. The summed E-state index contributed by atoms with van der Waals surface area (Å²) in [5.74, 6) is -0.469. The summed E-state index contributed by atoms with van der Waals surface area (Å²) in [7, 11) is 0. The molecule has 1 rings (SSSR count). The third-order valence-corrected chi connectivity index (χ3v) is 1.79. The Balaban J connectivity index is 3.00. The molecule has 0 fully saturated rings. The van der Waals surface area contributed by atoms with Gasteiger partial charge in [-0.3, -0.25) is 0 Å². The largest absolute Gasteiger partial charge is 0.312 e. The minimum absolute atomic E-state index is 0.469. The highest BCUT2D eigenvalue weighted by atomic mass is 35.5. The van der Waals surface area contributed by atoms with Crippen molar-refractivity contribution in [3.05, 3.63) is 34.9 Å². The predicted octanol–water partition coefficient (Wildman–Crippen LogP) is 2.27. The Labute approximate surface area is 75.7 Å². The van der Waals surface area contributed by atoms with E-state index in [1.54, 1.807) is 24.3 Å². The van der Waals surface area contributed by atoms with Crippen LogP contribution in [0.5, 0.6) is 0 Å². The van der Waals surface area contributed by atoms with Crippen molar-refractivity contribution < 1.29 is 4.79 Å². The molecule has 0 aromatic heterocycles. The SMILES string of the molecule is N=CC(C=O)c1cccc(Cl)c1. The Hall–Kier alpha value is -1.15. The van der Waals surface area contributed by atoms with E-state index >= 15 is 0 Å². The fourth-order valence-corrected chi connectivity index (χ4v) is 1.13. The smallest absolute Gasteiger partial charge is 0.132 e. The molecule has 1 unspecified atom stereocenters. The maximum absolute atomic E-state index is 10.5. The van der Waals surface area contributed by atoms with Crippen molar-refractivity contribution in [3.63, 3.8) is 0 Å². The first-order valence-electron chi connectivity index (χ1n) is 3.49. The number of hydrogen-bond acceptors (Lipinski definition) is 2. The molecule has 1 aromatic rings. The monoisotopic (exact) mass is 181 g/mol. The number of rotatable bonds is 3.